The van der Waals surface area contributed by atoms with Gasteiger partial charge in [0.15, 0.2) is 5.78 Å². The van der Waals surface area contributed by atoms with E-state index >= 15 is 0 Å². The van der Waals surface area contributed by atoms with Crippen LogP contribution in [0.5, 0.6) is 0 Å². The molecule has 0 heterocycles. The van der Waals surface area contributed by atoms with E-state index in [4.69, 9.17) is 4.99 Å². The largest absolute Gasteiger partial charge is 0.362 e. The molecule has 0 spiro atoms. The van der Waals surface area contributed by atoms with Crippen LogP contribution in [-0.4, -0.2) is 43.9 Å². The topological polar surface area (TPSA) is 45.0 Å². The second kappa shape index (κ2) is 10.9. The van der Waals surface area contributed by atoms with Gasteiger partial charge in [-0.1, -0.05) is 61.2 Å². The molecule has 0 atom stereocenters. The van der Waals surface area contributed by atoms with E-state index in [2.05, 4.69) is 24.4 Å². The predicted octanol–water partition coefficient (Wildman–Crippen LogP) is 5.89. The van der Waals surface area contributed by atoms with Crippen molar-refractivity contribution in [2.75, 3.05) is 20.6 Å². The summed E-state index contributed by atoms with van der Waals surface area (Å²) in [6, 6.07) is 13.6. The van der Waals surface area contributed by atoms with Gasteiger partial charge in [0.05, 0.1) is 12.2 Å². The predicted molar refractivity (Wildman–Crippen MR) is 129 cm³/mol. The van der Waals surface area contributed by atoms with Crippen molar-refractivity contribution in [2.45, 2.75) is 13.8 Å². The number of allylic oxidation sites excluding steroid dienone is 3. The van der Waals surface area contributed by atoms with Gasteiger partial charge in [-0.05, 0) is 49.4 Å². The molecule has 0 aliphatic rings. The summed E-state index contributed by atoms with van der Waals surface area (Å²) in [5.41, 5.74) is 5.44. The maximum atomic E-state index is 11.6. The lowest BCUT2D eigenvalue weighted by atomic mass is 9.99. The molecule has 0 aromatic heterocycles. The number of aliphatic imine (C=N–C) groups is 2. The molecule has 0 N–H and O–H groups in total. The maximum Gasteiger partial charge on any atom is 0.159 e. The molecule has 30 heavy (non-hydrogen) atoms. The molecule has 154 valence electrons. The lowest BCUT2D eigenvalue weighted by molar-refractivity contribution is 0.101. The Morgan fingerprint density at radius 3 is 2.30 bits per heavy atom. The number of rotatable bonds is 8. The first kappa shape index (κ1) is 22.8. The van der Waals surface area contributed by atoms with Crippen molar-refractivity contribution >= 4 is 24.0 Å². The highest BCUT2D eigenvalue weighted by atomic mass is 16.1. The first-order valence-corrected chi connectivity index (χ1v) is 9.79. The molecule has 0 amide bonds. The standard InChI is InChI=1S/C26H29N3O/c1-7-9-10-20(8-2)18-28-26(29(5)6)24-17-23(15-16-25(24)27-4)22-13-11-21(12-14-22)19(3)30/h7-17H,2,4,18H2,1,3,5-6H3/b9-7-,20-10+,28-26?. The minimum atomic E-state index is 0.0551. The molecule has 0 radical (unpaired) electrons. The van der Waals surface area contributed by atoms with Crippen LogP contribution in [-0.2, 0) is 0 Å². The fourth-order valence-electron chi connectivity index (χ4n) is 2.97. The third kappa shape index (κ3) is 5.74. The van der Waals surface area contributed by atoms with Gasteiger partial charge in [0.25, 0.3) is 0 Å². The molecule has 4 heteroatoms. The van der Waals surface area contributed by atoms with Crippen LogP contribution in [0.25, 0.3) is 11.1 Å². The zero-order chi connectivity index (χ0) is 22.1. The quantitative estimate of drug-likeness (QED) is 0.241. The SMILES string of the molecule is C=C/C(=C\C=C/C)CN=C(c1cc(-c2ccc(C(C)=O)cc2)ccc1N=C)N(C)C. The molecule has 0 aliphatic heterocycles. The summed E-state index contributed by atoms with van der Waals surface area (Å²) in [4.78, 5) is 22.6. The Balaban J connectivity index is 2.51. The van der Waals surface area contributed by atoms with Crippen LogP contribution >= 0.6 is 0 Å². The third-order valence-corrected chi connectivity index (χ3v) is 4.63. The lowest BCUT2D eigenvalue weighted by Crippen LogP contribution is -2.24. The summed E-state index contributed by atoms with van der Waals surface area (Å²) >= 11 is 0. The number of benzene rings is 2. The highest BCUT2D eigenvalue weighted by molar-refractivity contribution is 6.04. The van der Waals surface area contributed by atoms with Gasteiger partial charge >= 0.3 is 0 Å². The highest BCUT2D eigenvalue weighted by Gasteiger charge is 2.13. The van der Waals surface area contributed by atoms with Crippen LogP contribution in [0.2, 0.25) is 0 Å². The Kier molecular flexibility index (Phi) is 8.24. The number of amidine groups is 1. The number of carbonyl (C=O) groups is 1. The van der Waals surface area contributed by atoms with E-state index in [1.165, 1.54) is 0 Å². The number of hydrogen-bond donors (Lipinski definition) is 0. The van der Waals surface area contributed by atoms with Crippen LogP contribution < -0.4 is 0 Å². The van der Waals surface area contributed by atoms with E-state index in [0.29, 0.717) is 12.1 Å². The lowest BCUT2D eigenvalue weighted by Gasteiger charge is -2.19. The molecule has 2 aromatic carbocycles. The fourth-order valence-corrected chi connectivity index (χ4v) is 2.97. The average molecular weight is 400 g/mol. The molecule has 0 bridgehead atoms. The number of hydrogen-bond acceptors (Lipinski definition) is 3. The van der Waals surface area contributed by atoms with E-state index in [1.54, 1.807) is 6.92 Å². The smallest absolute Gasteiger partial charge is 0.159 e. The molecule has 4 nitrogen and oxygen atoms in total. The molecule has 0 saturated carbocycles. The normalized spacial score (nSPS) is 12.1. The van der Waals surface area contributed by atoms with Crippen molar-refractivity contribution < 1.29 is 4.79 Å². The number of ketones is 1. The average Bonchev–Trinajstić information content (AvgIpc) is 2.75. The van der Waals surface area contributed by atoms with E-state index in [0.717, 1.165) is 33.8 Å². The van der Waals surface area contributed by atoms with Crippen molar-refractivity contribution in [3.63, 3.8) is 0 Å². The summed E-state index contributed by atoms with van der Waals surface area (Å²) in [7, 11) is 3.92. The van der Waals surface area contributed by atoms with Gasteiger partial charge in [-0.3, -0.25) is 14.8 Å². The Labute approximate surface area is 179 Å². The third-order valence-electron chi connectivity index (χ3n) is 4.63. The van der Waals surface area contributed by atoms with Gasteiger partial charge in [0, 0.05) is 25.2 Å². The van der Waals surface area contributed by atoms with Gasteiger partial charge in [0.1, 0.15) is 5.84 Å². The first-order valence-electron chi connectivity index (χ1n) is 9.79. The van der Waals surface area contributed by atoms with Crippen LogP contribution in [0.15, 0.2) is 88.9 Å². The maximum absolute atomic E-state index is 11.6. The minimum absolute atomic E-state index is 0.0551. The van der Waals surface area contributed by atoms with E-state index in [9.17, 15) is 4.79 Å². The van der Waals surface area contributed by atoms with Crippen LogP contribution in [0.3, 0.4) is 0 Å². The fraction of sp³-hybridized carbons (Fsp3) is 0.192. The number of nitrogens with zero attached hydrogens (tertiary/aromatic N) is 3. The van der Waals surface area contributed by atoms with E-state index < -0.39 is 0 Å². The summed E-state index contributed by atoms with van der Waals surface area (Å²) in [6.45, 7) is 11.7. The summed E-state index contributed by atoms with van der Waals surface area (Å²) < 4.78 is 0. The van der Waals surface area contributed by atoms with Crippen molar-refractivity contribution in [1.29, 1.82) is 0 Å². The first-order chi connectivity index (χ1) is 14.4. The summed E-state index contributed by atoms with van der Waals surface area (Å²) in [5, 5.41) is 0. The Morgan fingerprint density at radius 1 is 1.10 bits per heavy atom. The van der Waals surface area contributed by atoms with Crippen LogP contribution in [0.4, 0.5) is 5.69 Å². The van der Waals surface area contributed by atoms with Crippen molar-refractivity contribution in [2.24, 2.45) is 9.98 Å². The van der Waals surface area contributed by atoms with Crippen LogP contribution in [0, 0.1) is 0 Å². The molecular weight excluding hydrogens is 370 g/mol. The molecule has 0 saturated heterocycles. The molecule has 2 aromatic rings. The van der Waals surface area contributed by atoms with Gasteiger partial charge in [0.2, 0.25) is 0 Å². The molecule has 0 unspecified atom stereocenters. The van der Waals surface area contributed by atoms with E-state index in [-0.39, 0.29) is 5.78 Å². The molecule has 2 rings (SSSR count). The number of Topliss-reactive ketones (excluding diaryl/α,β-unsaturated/α-hetero) is 1. The Hall–Kier alpha value is -3.53. The second-order valence-corrected chi connectivity index (χ2v) is 7.03. The highest BCUT2D eigenvalue weighted by Crippen LogP contribution is 2.28. The summed E-state index contributed by atoms with van der Waals surface area (Å²) in [6.07, 6.45) is 7.77. The zero-order valence-corrected chi connectivity index (χ0v) is 18.2. The minimum Gasteiger partial charge on any atom is -0.362 e. The second-order valence-electron chi connectivity index (χ2n) is 7.03. The van der Waals surface area contributed by atoms with Gasteiger partial charge in [-0.2, -0.15) is 0 Å². The van der Waals surface area contributed by atoms with Crippen molar-refractivity contribution in [1.82, 2.24) is 4.90 Å². The van der Waals surface area contributed by atoms with Gasteiger partial charge in [-0.15, -0.1) is 0 Å². The van der Waals surface area contributed by atoms with Crippen LogP contribution in [0.1, 0.15) is 29.8 Å². The monoisotopic (exact) mass is 399 g/mol. The van der Waals surface area contributed by atoms with Crippen molar-refractivity contribution in [3.8, 4) is 11.1 Å². The molecule has 0 aliphatic carbocycles. The Morgan fingerprint density at radius 2 is 1.77 bits per heavy atom. The zero-order valence-electron chi connectivity index (χ0n) is 18.2. The molecule has 0 fully saturated rings. The Bertz CT molecular complexity index is 1010. The van der Waals surface area contributed by atoms with Gasteiger partial charge in [-0.25, -0.2) is 0 Å². The van der Waals surface area contributed by atoms with Crippen molar-refractivity contribution in [3.05, 3.63) is 90.0 Å². The van der Waals surface area contributed by atoms with E-state index in [1.807, 2.05) is 86.6 Å². The van der Waals surface area contributed by atoms with Gasteiger partial charge < -0.3 is 4.90 Å². The molecular formula is C26H29N3O. The number of carbonyl (C=O) groups excluding carboxylic acids is 1. The summed E-state index contributed by atoms with van der Waals surface area (Å²) in [5.74, 6) is 0.868.